The van der Waals surface area contributed by atoms with Gasteiger partial charge in [-0.3, -0.25) is 0 Å². The van der Waals surface area contributed by atoms with Crippen LogP contribution < -0.4 is 20.1 Å². The van der Waals surface area contributed by atoms with Gasteiger partial charge < -0.3 is 25.2 Å². The zero-order valence-corrected chi connectivity index (χ0v) is 18.0. The molecule has 1 saturated heterocycles. The highest BCUT2D eigenvalue weighted by Crippen LogP contribution is 2.58. The third-order valence-corrected chi connectivity index (χ3v) is 6.67. The van der Waals surface area contributed by atoms with Crippen molar-refractivity contribution in [3.8, 4) is 23.8 Å². The van der Waals surface area contributed by atoms with Crippen molar-refractivity contribution in [3.05, 3.63) is 48.3 Å². The monoisotopic (exact) mass is 430 g/mol. The number of aliphatic hydroxyl groups excluding tert-OH is 1. The molecule has 5 rings (SSSR count). The molecule has 2 aromatic carbocycles. The van der Waals surface area contributed by atoms with E-state index in [0.29, 0.717) is 36.4 Å². The predicted octanol–water partition coefficient (Wildman–Crippen LogP) is 3.10. The molecule has 2 aliphatic rings. The minimum absolute atomic E-state index is 0.0503. The van der Waals surface area contributed by atoms with Crippen molar-refractivity contribution in [1.82, 2.24) is 15.3 Å². The van der Waals surface area contributed by atoms with E-state index in [2.05, 4.69) is 26.5 Å². The van der Waals surface area contributed by atoms with E-state index in [1.54, 1.807) is 7.11 Å². The molecule has 2 fully saturated rings. The van der Waals surface area contributed by atoms with Gasteiger partial charge in [-0.25, -0.2) is 9.97 Å². The maximum Gasteiger partial charge on any atom is 0.162 e. The maximum absolute atomic E-state index is 10.2. The second-order valence-electron chi connectivity index (χ2n) is 8.51. The van der Waals surface area contributed by atoms with Gasteiger partial charge in [-0.15, -0.1) is 6.42 Å². The lowest BCUT2D eigenvalue weighted by molar-refractivity contribution is 0.122. The number of methoxy groups -OCH3 is 1. The summed E-state index contributed by atoms with van der Waals surface area (Å²) >= 11 is 0. The number of aliphatic hydroxyl groups is 1. The van der Waals surface area contributed by atoms with E-state index in [4.69, 9.17) is 15.9 Å². The third kappa shape index (κ3) is 3.72. The Kier molecular flexibility index (Phi) is 5.33. The molecule has 7 nitrogen and oxygen atoms in total. The summed E-state index contributed by atoms with van der Waals surface area (Å²) in [6.45, 7) is 2.14. The molecular formula is C25H26N4O3. The van der Waals surface area contributed by atoms with Gasteiger partial charge in [0.15, 0.2) is 11.5 Å². The van der Waals surface area contributed by atoms with Crippen molar-refractivity contribution in [3.63, 3.8) is 0 Å². The molecule has 0 amide bonds. The van der Waals surface area contributed by atoms with Crippen LogP contribution in [0.25, 0.3) is 10.9 Å². The number of hydrogen-bond acceptors (Lipinski definition) is 7. The van der Waals surface area contributed by atoms with Crippen LogP contribution in [0, 0.1) is 23.7 Å². The molecule has 1 aromatic heterocycles. The molecule has 32 heavy (non-hydrogen) atoms. The van der Waals surface area contributed by atoms with E-state index in [1.807, 2.05) is 36.4 Å². The van der Waals surface area contributed by atoms with E-state index in [0.717, 1.165) is 41.5 Å². The van der Waals surface area contributed by atoms with Gasteiger partial charge in [-0.2, -0.15) is 0 Å². The molecule has 3 atom stereocenters. The fraction of sp³-hybridized carbons (Fsp3) is 0.360. The van der Waals surface area contributed by atoms with Crippen LogP contribution in [0.5, 0.6) is 11.5 Å². The summed E-state index contributed by atoms with van der Waals surface area (Å²) in [7, 11) is 1.62. The van der Waals surface area contributed by atoms with Crippen LogP contribution in [-0.4, -0.2) is 48.0 Å². The van der Waals surface area contributed by atoms with Gasteiger partial charge in [0.05, 0.1) is 25.3 Å². The second kappa shape index (κ2) is 8.30. The number of terminal acetylenes is 1. The van der Waals surface area contributed by atoms with Gasteiger partial charge in [0.25, 0.3) is 0 Å². The summed E-state index contributed by atoms with van der Waals surface area (Å²) in [6, 6.07) is 11.4. The first-order valence-corrected chi connectivity index (χ1v) is 10.8. The summed E-state index contributed by atoms with van der Waals surface area (Å²) < 4.78 is 11.7. The van der Waals surface area contributed by atoms with E-state index in [-0.39, 0.29) is 11.5 Å². The molecule has 1 spiro atoms. The highest BCUT2D eigenvalue weighted by molar-refractivity contribution is 5.93. The zero-order valence-electron chi connectivity index (χ0n) is 18.0. The van der Waals surface area contributed by atoms with Crippen LogP contribution in [-0.2, 0) is 0 Å². The van der Waals surface area contributed by atoms with Gasteiger partial charge >= 0.3 is 0 Å². The Morgan fingerprint density at radius 3 is 2.97 bits per heavy atom. The number of nitrogens with one attached hydrogen (secondary N) is 2. The largest absolute Gasteiger partial charge is 0.493 e. The van der Waals surface area contributed by atoms with Gasteiger partial charge in [0, 0.05) is 41.2 Å². The predicted molar refractivity (Wildman–Crippen MR) is 123 cm³/mol. The minimum Gasteiger partial charge on any atom is -0.493 e. The smallest absolute Gasteiger partial charge is 0.162 e. The van der Waals surface area contributed by atoms with Crippen LogP contribution in [0.15, 0.2) is 42.7 Å². The van der Waals surface area contributed by atoms with Crippen molar-refractivity contribution in [2.24, 2.45) is 11.3 Å². The fourth-order valence-electron chi connectivity index (χ4n) is 4.75. The average molecular weight is 431 g/mol. The van der Waals surface area contributed by atoms with Gasteiger partial charge in [0.2, 0.25) is 0 Å². The minimum atomic E-state index is -0.249. The normalized spacial score (nSPS) is 23.8. The fourth-order valence-corrected chi connectivity index (χ4v) is 4.75. The van der Waals surface area contributed by atoms with Crippen molar-refractivity contribution in [1.29, 1.82) is 0 Å². The Hall–Kier alpha value is -3.34. The topological polar surface area (TPSA) is 88.5 Å². The molecule has 1 saturated carbocycles. The molecule has 3 N–H and O–H groups in total. The van der Waals surface area contributed by atoms with Gasteiger partial charge in [0.1, 0.15) is 12.1 Å². The average Bonchev–Trinajstić information content (AvgIpc) is 3.40. The van der Waals surface area contributed by atoms with E-state index >= 15 is 0 Å². The first-order chi connectivity index (χ1) is 15.6. The molecule has 164 valence electrons. The summed E-state index contributed by atoms with van der Waals surface area (Å²) in [6.07, 6.45) is 8.74. The number of rotatable bonds is 7. The van der Waals surface area contributed by atoms with Crippen molar-refractivity contribution in [2.75, 3.05) is 32.1 Å². The highest BCUT2D eigenvalue weighted by Gasteiger charge is 2.60. The lowest BCUT2D eigenvalue weighted by Crippen LogP contribution is -2.21. The molecule has 1 aliphatic carbocycles. The van der Waals surface area contributed by atoms with Crippen molar-refractivity contribution < 1.29 is 14.6 Å². The first kappa shape index (κ1) is 20.6. The van der Waals surface area contributed by atoms with E-state index < -0.39 is 0 Å². The lowest BCUT2D eigenvalue weighted by Gasteiger charge is -2.15. The van der Waals surface area contributed by atoms with Crippen molar-refractivity contribution >= 4 is 22.4 Å². The zero-order chi connectivity index (χ0) is 22.1. The van der Waals surface area contributed by atoms with Crippen LogP contribution in [0.4, 0.5) is 11.5 Å². The Morgan fingerprint density at radius 2 is 2.19 bits per heavy atom. The Labute approximate surface area is 187 Å². The van der Waals surface area contributed by atoms with Crippen LogP contribution in [0.2, 0.25) is 0 Å². The van der Waals surface area contributed by atoms with Crippen molar-refractivity contribution in [2.45, 2.75) is 18.9 Å². The number of β-amino-alcohol motifs (C(OH)–C–C–N with tert-alkyl or cyclic N) is 1. The molecule has 0 bridgehead atoms. The summed E-state index contributed by atoms with van der Waals surface area (Å²) in [5.74, 6) is 5.07. The molecule has 3 unspecified atom stereocenters. The molecule has 0 radical (unpaired) electrons. The summed E-state index contributed by atoms with van der Waals surface area (Å²) in [5.41, 5.74) is 2.44. The van der Waals surface area contributed by atoms with Crippen LogP contribution in [0.3, 0.4) is 0 Å². The standard InChI is InChI=1S/C25H26N4O3/c1-3-16-5-4-6-18(9-16)29-24-19-10-22(21(31-2)11-20(19)27-15-28-24)32-8-7-17-12-25(17)14-26-13-23(25)30/h1,4-6,9-11,15,17,23,26,30H,7-8,12-14H2,2H3,(H,27,28,29). The Balaban J connectivity index is 1.35. The number of hydrogen-bond donors (Lipinski definition) is 3. The SMILES string of the molecule is C#Cc1cccc(Nc2ncnc3cc(OC)c(OCCC4CC45CNCC5O)cc23)c1. The maximum atomic E-state index is 10.2. The lowest BCUT2D eigenvalue weighted by atomic mass is 9.99. The Morgan fingerprint density at radius 1 is 1.28 bits per heavy atom. The summed E-state index contributed by atoms with van der Waals surface area (Å²) in [5, 5.41) is 17.7. The molecular weight excluding hydrogens is 404 g/mol. The first-order valence-electron chi connectivity index (χ1n) is 10.8. The van der Waals surface area contributed by atoms with Gasteiger partial charge in [-0.1, -0.05) is 12.0 Å². The van der Waals surface area contributed by atoms with Crippen LogP contribution >= 0.6 is 0 Å². The number of ether oxygens (including phenoxy) is 2. The molecule has 1 aliphatic heterocycles. The van der Waals surface area contributed by atoms with E-state index in [1.165, 1.54) is 6.33 Å². The van der Waals surface area contributed by atoms with Gasteiger partial charge in [-0.05, 0) is 43.0 Å². The number of fused-ring (bicyclic) bond motifs is 1. The molecule has 7 heteroatoms. The highest BCUT2D eigenvalue weighted by atomic mass is 16.5. The number of nitrogens with zero attached hydrogens (tertiary/aromatic N) is 2. The Bertz CT molecular complexity index is 1190. The van der Waals surface area contributed by atoms with Crippen LogP contribution in [0.1, 0.15) is 18.4 Å². The number of anilines is 2. The molecule has 2 heterocycles. The van der Waals surface area contributed by atoms with E-state index in [9.17, 15) is 5.11 Å². The third-order valence-electron chi connectivity index (χ3n) is 6.67. The second-order valence-corrected chi connectivity index (χ2v) is 8.51. The molecule has 3 aromatic rings. The number of benzene rings is 2. The number of aromatic nitrogens is 2. The summed E-state index contributed by atoms with van der Waals surface area (Å²) in [4.78, 5) is 8.81. The quantitative estimate of drug-likeness (QED) is 0.497.